The van der Waals surface area contributed by atoms with Crippen molar-refractivity contribution < 1.29 is 4.79 Å². The molecule has 4 rings (SSSR count). The van der Waals surface area contributed by atoms with E-state index >= 15 is 0 Å². The number of hydrogen-bond donors (Lipinski definition) is 1. The number of para-hydroxylation sites is 2. The second-order valence-electron chi connectivity index (χ2n) is 7.11. The fourth-order valence-electron chi connectivity index (χ4n) is 3.21. The number of nitrogens with one attached hydrogen (secondary N) is 1. The summed E-state index contributed by atoms with van der Waals surface area (Å²) in [5, 5.41) is 12.2. The van der Waals surface area contributed by atoms with E-state index in [1.807, 2.05) is 42.5 Å². The monoisotopic (exact) mass is 410 g/mol. The van der Waals surface area contributed by atoms with Gasteiger partial charge in [-0.3, -0.25) is 9.20 Å². The van der Waals surface area contributed by atoms with Gasteiger partial charge in [-0.2, -0.15) is 0 Å². The molecule has 1 N–H and O–H groups in total. The largest absolute Gasteiger partial charge is 0.325 e. The van der Waals surface area contributed by atoms with Crippen LogP contribution in [-0.4, -0.2) is 25.8 Å². The molecule has 1 amide bonds. The summed E-state index contributed by atoms with van der Waals surface area (Å²) in [7, 11) is 0. The first kappa shape index (κ1) is 19.0. The van der Waals surface area contributed by atoms with Crippen molar-refractivity contribution in [1.82, 2.24) is 14.6 Å². The number of benzene rings is 2. The van der Waals surface area contributed by atoms with E-state index in [4.69, 9.17) is 0 Å². The number of rotatable bonds is 5. The van der Waals surface area contributed by atoms with E-state index in [-0.39, 0.29) is 11.2 Å². The third-order valence-corrected chi connectivity index (χ3v) is 6.79. The number of fused-ring (bicyclic) bond motifs is 3. The van der Waals surface area contributed by atoms with E-state index in [9.17, 15) is 4.79 Å². The minimum Gasteiger partial charge on any atom is -0.325 e. The molecular formula is C21H22N4OS2. The highest BCUT2D eigenvalue weighted by molar-refractivity contribution is 8.00. The van der Waals surface area contributed by atoms with Crippen LogP contribution in [0.15, 0.2) is 47.6 Å². The standard InChI is InChI=1S/C21H22N4OS2/c1-12(2)15-9-7-8-13(3)18(15)22-19(26)14(4)27-20-23-24-21-25(20)16-10-5-6-11-17(16)28-21/h5-12,14H,1-4H3,(H,22,26). The third-order valence-electron chi connectivity index (χ3n) is 4.74. The van der Waals surface area contributed by atoms with E-state index in [2.05, 4.69) is 47.6 Å². The number of aromatic nitrogens is 3. The summed E-state index contributed by atoms with van der Waals surface area (Å²) in [6, 6.07) is 14.3. The molecule has 2 aromatic carbocycles. The van der Waals surface area contributed by atoms with Gasteiger partial charge in [-0.25, -0.2) is 0 Å². The number of aryl methyl sites for hydroxylation is 1. The zero-order valence-electron chi connectivity index (χ0n) is 16.3. The van der Waals surface area contributed by atoms with Crippen LogP contribution in [0.25, 0.3) is 15.2 Å². The van der Waals surface area contributed by atoms with Gasteiger partial charge in [0.25, 0.3) is 0 Å². The quantitative estimate of drug-likeness (QED) is 0.442. The van der Waals surface area contributed by atoms with Crippen molar-refractivity contribution >= 4 is 49.9 Å². The van der Waals surface area contributed by atoms with E-state index in [1.165, 1.54) is 11.8 Å². The smallest absolute Gasteiger partial charge is 0.237 e. The molecule has 1 atom stereocenters. The molecule has 5 nitrogen and oxygen atoms in total. The van der Waals surface area contributed by atoms with Gasteiger partial charge >= 0.3 is 0 Å². The zero-order valence-corrected chi connectivity index (χ0v) is 17.9. The maximum Gasteiger partial charge on any atom is 0.237 e. The predicted octanol–water partition coefficient (Wildman–Crippen LogP) is 5.50. The van der Waals surface area contributed by atoms with Gasteiger partial charge in [-0.15, -0.1) is 10.2 Å². The first-order valence-electron chi connectivity index (χ1n) is 9.25. The molecule has 2 aromatic heterocycles. The lowest BCUT2D eigenvalue weighted by molar-refractivity contribution is -0.115. The van der Waals surface area contributed by atoms with Crippen LogP contribution in [0.4, 0.5) is 5.69 Å². The van der Waals surface area contributed by atoms with Gasteiger partial charge in [0, 0.05) is 5.69 Å². The van der Waals surface area contributed by atoms with Gasteiger partial charge in [0.2, 0.25) is 10.9 Å². The lowest BCUT2D eigenvalue weighted by atomic mass is 9.98. The fraction of sp³-hybridized carbons (Fsp3) is 0.286. The van der Waals surface area contributed by atoms with Crippen molar-refractivity contribution in [2.75, 3.05) is 5.32 Å². The molecule has 0 fully saturated rings. The van der Waals surface area contributed by atoms with Crippen molar-refractivity contribution in [2.24, 2.45) is 0 Å². The van der Waals surface area contributed by atoms with E-state index < -0.39 is 0 Å². The maximum absolute atomic E-state index is 12.9. The van der Waals surface area contributed by atoms with Gasteiger partial charge in [0.15, 0.2) is 5.16 Å². The first-order valence-corrected chi connectivity index (χ1v) is 10.9. The highest BCUT2D eigenvalue weighted by atomic mass is 32.2. The van der Waals surface area contributed by atoms with Crippen molar-refractivity contribution in [3.05, 3.63) is 53.6 Å². The summed E-state index contributed by atoms with van der Waals surface area (Å²) in [6.45, 7) is 8.20. The number of anilines is 1. The molecule has 1 unspecified atom stereocenters. The van der Waals surface area contributed by atoms with Crippen molar-refractivity contribution in [3.63, 3.8) is 0 Å². The molecule has 0 aliphatic heterocycles. The van der Waals surface area contributed by atoms with Crippen LogP contribution in [-0.2, 0) is 4.79 Å². The topological polar surface area (TPSA) is 59.3 Å². The Balaban J connectivity index is 1.59. The Bertz CT molecular complexity index is 1160. The highest BCUT2D eigenvalue weighted by Crippen LogP contribution is 2.32. The number of carbonyl (C=O) groups is 1. The lowest BCUT2D eigenvalue weighted by Crippen LogP contribution is -2.24. The van der Waals surface area contributed by atoms with Gasteiger partial charge in [-0.1, -0.05) is 67.3 Å². The molecule has 0 saturated carbocycles. The number of thiazole rings is 1. The van der Waals surface area contributed by atoms with E-state index in [1.54, 1.807) is 11.3 Å². The molecule has 0 spiro atoms. The van der Waals surface area contributed by atoms with Crippen molar-refractivity contribution in [1.29, 1.82) is 0 Å². The summed E-state index contributed by atoms with van der Waals surface area (Å²) < 4.78 is 3.19. The van der Waals surface area contributed by atoms with E-state index in [0.29, 0.717) is 5.92 Å². The van der Waals surface area contributed by atoms with Crippen LogP contribution >= 0.6 is 23.1 Å². The molecule has 2 heterocycles. The Labute approximate surface area is 172 Å². The van der Waals surface area contributed by atoms with Crippen LogP contribution in [0.1, 0.15) is 37.8 Å². The predicted molar refractivity (Wildman–Crippen MR) is 118 cm³/mol. The highest BCUT2D eigenvalue weighted by Gasteiger charge is 2.21. The molecule has 0 radical (unpaired) electrons. The summed E-state index contributed by atoms with van der Waals surface area (Å²) >= 11 is 3.03. The number of carbonyl (C=O) groups excluding carboxylic acids is 1. The summed E-state index contributed by atoms with van der Waals surface area (Å²) in [5.74, 6) is 0.309. The maximum atomic E-state index is 12.9. The second kappa shape index (κ2) is 7.56. The second-order valence-corrected chi connectivity index (χ2v) is 9.43. The van der Waals surface area contributed by atoms with Crippen molar-refractivity contribution in [3.8, 4) is 0 Å². The van der Waals surface area contributed by atoms with E-state index in [0.717, 1.165) is 37.1 Å². The molecule has 144 valence electrons. The van der Waals surface area contributed by atoms with Crippen LogP contribution in [0.2, 0.25) is 0 Å². The average Bonchev–Trinajstić information content (AvgIpc) is 3.22. The normalized spacial score (nSPS) is 12.8. The van der Waals surface area contributed by atoms with Gasteiger partial charge in [0.1, 0.15) is 0 Å². The number of nitrogens with zero attached hydrogens (tertiary/aromatic N) is 3. The number of amides is 1. The lowest BCUT2D eigenvalue weighted by Gasteiger charge is -2.18. The Morgan fingerprint density at radius 2 is 1.89 bits per heavy atom. The molecule has 0 saturated heterocycles. The molecule has 0 aliphatic rings. The minimum absolute atomic E-state index is 0.0301. The van der Waals surface area contributed by atoms with Gasteiger partial charge in [0.05, 0.1) is 15.5 Å². The molecule has 0 aliphatic carbocycles. The summed E-state index contributed by atoms with van der Waals surface area (Å²) in [4.78, 5) is 13.8. The average molecular weight is 411 g/mol. The Hall–Kier alpha value is -2.38. The number of thioether (sulfide) groups is 1. The number of hydrogen-bond acceptors (Lipinski definition) is 5. The third kappa shape index (κ3) is 3.40. The Kier molecular flexibility index (Phi) is 5.12. The SMILES string of the molecule is Cc1cccc(C(C)C)c1NC(=O)C(C)Sc1nnc2sc3ccccc3n12. The van der Waals surface area contributed by atoms with Gasteiger partial charge in [-0.05, 0) is 43.0 Å². The Morgan fingerprint density at radius 3 is 2.68 bits per heavy atom. The molecule has 0 bridgehead atoms. The van der Waals surface area contributed by atoms with Crippen LogP contribution < -0.4 is 5.32 Å². The first-order chi connectivity index (χ1) is 13.5. The zero-order chi connectivity index (χ0) is 19.8. The van der Waals surface area contributed by atoms with Crippen LogP contribution in [0.5, 0.6) is 0 Å². The Morgan fingerprint density at radius 1 is 1.11 bits per heavy atom. The van der Waals surface area contributed by atoms with Crippen LogP contribution in [0, 0.1) is 6.92 Å². The molecule has 28 heavy (non-hydrogen) atoms. The molecule has 4 aromatic rings. The summed E-state index contributed by atoms with van der Waals surface area (Å²) in [6.07, 6.45) is 0. The molecular weight excluding hydrogens is 388 g/mol. The minimum atomic E-state index is -0.300. The molecule has 7 heteroatoms. The van der Waals surface area contributed by atoms with Crippen molar-refractivity contribution in [2.45, 2.75) is 44.0 Å². The van der Waals surface area contributed by atoms with Gasteiger partial charge < -0.3 is 5.32 Å². The fourth-order valence-corrected chi connectivity index (χ4v) is 5.09. The van der Waals surface area contributed by atoms with Crippen LogP contribution in [0.3, 0.4) is 0 Å². The summed E-state index contributed by atoms with van der Waals surface area (Å²) in [5.41, 5.74) is 4.22.